The van der Waals surface area contributed by atoms with Crippen molar-refractivity contribution in [1.82, 2.24) is 10.2 Å². The summed E-state index contributed by atoms with van der Waals surface area (Å²) in [6, 6.07) is 16.5. The number of carbonyl (C=O) groups excluding carboxylic acids is 1. The summed E-state index contributed by atoms with van der Waals surface area (Å²) in [5.74, 6) is 1.04. The first-order valence-electron chi connectivity index (χ1n) is 10.4. The number of nitrogens with one attached hydrogen (secondary N) is 1. The van der Waals surface area contributed by atoms with Crippen LogP contribution in [-0.2, 0) is 17.9 Å². The van der Waals surface area contributed by atoms with Crippen LogP contribution >= 0.6 is 0 Å². The Morgan fingerprint density at radius 3 is 2.32 bits per heavy atom. The monoisotopic (exact) mass is 380 g/mol. The van der Waals surface area contributed by atoms with E-state index in [1.54, 1.807) is 6.92 Å². The van der Waals surface area contributed by atoms with Gasteiger partial charge in [-0.1, -0.05) is 56.3 Å². The summed E-state index contributed by atoms with van der Waals surface area (Å²) in [6.07, 6.45) is 2.09. The summed E-state index contributed by atoms with van der Waals surface area (Å²) in [5, 5.41) is 2.99. The summed E-state index contributed by atoms with van der Waals surface area (Å²) < 4.78 is 5.93. The lowest BCUT2D eigenvalue weighted by atomic mass is 10.0. The highest BCUT2D eigenvalue weighted by atomic mass is 16.5. The van der Waals surface area contributed by atoms with Crippen LogP contribution in [0.4, 0.5) is 0 Å². The third-order valence-corrected chi connectivity index (χ3v) is 5.31. The Kier molecular flexibility index (Phi) is 7.10. The number of likely N-dealkylation sites (tertiary alicyclic amines) is 1. The van der Waals surface area contributed by atoms with Gasteiger partial charge < -0.3 is 10.1 Å². The Bertz CT molecular complexity index is 764. The molecule has 0 bridgehead atoms. The van der Waals surface area contributed by atoms with Gasteiger partial charge in [0.15, 0.2) is 6.10 Å². The van der Waals surface area contributed by atoms with Crippen LogP contribution in [0.25, 0.3) is 0 Å². The van der Waals surface area contributed by atoms with Crippen LogP contribution in [0, 0.1) is 0 Å². The number of nitrogens with zero attached hydrogens (tertiary/aromatic N) is 1. The van der Waals surface area contributed by atoms with Crippen LogP contribution in [0.2, 0.25) is 0 Å². The fourth-order valence-electron chi connectivity index (χ4n) is 3.60. The molecule has 4 nitrogen and oxygen atoms in total. The van der Waals surface area contributed by atoms with Gasteiger partial charge in [0, 0.05) is 13.1 Å². The van der Waals surface area contributed by atoms with Crippen molar-refractivity contribution in [3.63, 3.8) is 0 Å². The molecule has 1 N–H and O–H groups in total. The molecular weight excluding hydrogens is 348 g/mol. The molecule has 1 fully saturated rings. The SMILES string of the molecule is CC(Oc1ccccc1C(C)C)C(=O)NCc1ccc(CN2CCCC2)cc1. The minimum atomic E-state index is -0.533. The normalized spacial score (nSPS) is 15.6. The topological polar surface area (TPSA) is 41.6 Å². The van der Waals surface area contributed by atoms with Crippen molar-refractivity contribution in [2.75, 3.05) is 13.1 Å². The number of para-hydroxylation sites is 1. The second kappa shape index (κ2) is 9.74. The van der Waals surface area contributed by atoms with Gasteiger partial charge in [0.25, 0.3) is 5.91 Å². The molecular formula is C24H32N2O2. The highest BCUT2D eigenvalue weighted by molar-refractivity contribution is 5.80. The summed E-state index contributed by atoms with van der Waals surface area (Å²) in [7, 11) is 0. The van der Waals surface area contributed by atoms with Crippen LogP contribution in [0.3, 0.4) is 0 Å². The quantitative estimate of drug-likeness (QED) is 0.734. The van der Waals surface area contributed by atoms with Crippen molar-refractivity contribution < 1.29 is 9.53 Å². The van der Waals surface area contributed by atoms with Gasteiger partial charge in [-0.05, 0) is 61.5 Å². The molecule has 0 spiro atoms. The van der Waals surface area contributed by atoms with Crippen molar-refractivity contribution in [1.29, 1.82) is 0 Å². The summed E-state index contributed by atoms with van der Waals surface area (Å²) >= 11 is 0. The third-order valence-electron chi connectivity index (χ3n) is 5.31. The lowest BCUT2D eigenvalue weighted by Crippen LogP contribution is -2.36. The maximum atomic E-state index is 12.5. The number of hydrogen-bond donors (Lipinski definition) is 1. The lowest BCUT2D eigenvalue weighted by Gasteiger charge is -2.19. The van der Waals surface area contributed by atoms with Crippen LogP contribution in [0.15, 0.2) is 48.5 Å². The zero-order chi connectivity index (χ0) is 19.9. The van der Waals surface area contributed by atoms with Gasteiger partial charge in [0.1, 0.15) is 5.75 Å². The fraction of sp³-hybridized carbons (Fsp3) is 0.458. The van der Waals surface area contributed by atoms with E-state index in [1.165, 1.54) is 31.5 Å². The number of ether oxygens (including phenoxy) is 1. The minimum Gasteiger partial charge on any atom is -0.481 e. The van der Waals surface area contributed by atoms with Crippen molar-refractivity contribution in [3.05, 3.63) is 65.2 Å². The molecule has 1 saturated heterocycles. The molecule has 1 aliphatic rings. The van der Waals surface area contributed by atoms with Gasteiger partial charge in [-0.2, -0.15) is 0 Å². The number of carbonyl (C=O) groups is 1. The zero-order valence-electron chi connectivity index (χ0n) is 17.3. The number of amides is 1. The second-order valence-electron chi connectivity index (χ2n) is 7.97. The van der Waals surface area contributed by atoms with Gasteiger partial charge >= 0.3 is 0 Å². The molecule has 28 heavy (non-hydrogen) atoms. The van der Waals surface area contributed by atoms with E-state index < -0.39 is 6.10 Å². The van der Waals surface area contributed by atoms with E-state index in [2.05, 4.69) is 48.3 Å². The number of rotatable bonds is 8. The second-order valence-corrected chi connectivity index (χ2v) is 7.97. The largest absolute Gasteiger partial charge is 0.481 e. The highest BCUT2D eigenvalue weighted by Gasteiger charge is 2.17. The van der Waals surface area contributed by atoms with E-state index in [-0.39, 0.29) is 5.91 Å². The molecule has 1 amide bonds. The molecule has 1 aliphatic heterocycles. The summed E-state index contributed by atoms with van der Waals surface area (Å²) in [4.78, 5) is 14.9. The Morgan fingerprint density at radius 1 is 1.00 bits per heavy atom. The van der Waals surface area contributed by atoms with Crippen LogP contribution < -0.4 is 10.1 Å². The third kappa shape index (κ3) is 5.59. The van der Waals surface area contributed by atoms with E-state index in [1.807, 2.05) is 24.3 Å². The average Bonchev–Trinajstić information content (AvgIpc) is 3.20. The molecule has 3 rings (SSSR count). The van der Waals surface area contributed by atoms with E-state index in [0.717, 1.165) is 23.4 Å². The molecule has 150 valence electrons. The van der Waals surface area contributed by atoms with Crippen molar-refractivity contribution in [3.8, 4) is 5.75 Å². The molecule has 4 heteroatoms. The average molecular weight is 381 g/mol. The minimum absolute atomic E-state index is 0.0975. The summed E-state index contributed by atoms with van der Waals surface area (Å²) in [5.41, 5.74) is 3.56. The predicted molar refractivity (Wildman–Crippen MR) is 113 cm³/mol. The van der Waals surface area contributed by atoms with E-state index >= 15 is 0 Å². The number of hydrogen-bond acceptors (Lipinski definition) is 3. The Hall–Kier alpha value is -2.33. The zero-order valence-corrected chi connectivity index (χ0v) is 17.3. The molecule has 2 aromatic carbocycles. The molecule has 1 heterocycles. The molecule has 1 atom stereocenters. The first-order chi connectivity index (χ1) is 13.5. The van der Waals surface area contributed by atoms with Crippen LogP contribution in [0.1, 0.15) is 56.2 Å². The van der Waals surface area contributed by atoms with E-state index in [4.69, 9.17) is 4.74 Å². The fourth-order valence-corrected chi connectivity index (χ4v) is 3.60. The van der Waals surface area contributed by atoms with Gasteiger partial charge in [-0.25, -0.2) is 0 Å². The van der Waals surface area contributed by atoms with Crippen LogP contribution in [0.5, 0.6) is 5.75 Å². The van der Waals surface area contributed by atoms with Gasteiger partial charge in [-0.3, -0.25) is 9.69 Å². The van der Waals surface area contributed by atoms with Gasteiger partial charge in [0.05, 0.1) is 0 Å². The van der Waals surface area contributed by atoms with E-state index in [0.29, 0.717) is 12.5 Å². The lowest BCUT2D eigenvalue weighted by molar-refractivity contribution is -0.127. The molecule has 0 aliphatic carbocycles. The molecule has 0 saturated carbocycles. The number of benzene rings is 2. The van der Waals surface area contributed by atoms with Gasteiger partial charge in [-0.15, -0.1) is 0 Å². The Morgan fingerprint density at radius 2 is 1.64 bits per heavy atom. The van der Waals surface area contributed by atoms with Crippen molar-refractivity contribution in [2.24, 2.45) is 0 Å². The van der Waals surface area contributed by atoms with Crippen molar-refractivity contribution >= 4 is 5.91 Å². The van der Waals surface area contributed by atoms with Gasteiger partial charge in [0.2, 0.25) is 0 Å². The maximum Gasteiger partial charge on any atom is 0.261 e. The van der Waals surface area contributed by atoms with E-state index in [9.17, 15) is 4.79 Å². The Labute approximate surface area is 168 Å². The van der Waals surface area contributed by atoms with Crippen molar-refractivity contribution in [2.45, 2.75) is 58.7 Å². The first kappa shape index (κ1) is 20.4. The molecule has 1 unspecified atom stereocenters. The highest BCUT2D eigenvalue weighted by Crippen LogP contribution is 2.26. The first-order valence-corrected chi connectivity index (χ1v) is 10.4. The molecule has 0 aromatic heterocycles. The Balaban J connectivity index is 1.49. The maximum absolute atomic E-state index is 12.5. The predicted octanol–water partition coefficient (Wildman–Crippen LogP) is 4.49. The molecule has 2 aromatic rings. The molecule has 0 radical (unpaired) electrons. The van der Waals surface area contributed by atoms with Crippen LogP contribution in [-0.4, -0.2) is 30.0 Å². The smallest absolute Gasteiger partial charge is 0.261 e. The summed E-state index contributed by atoms with van der Waals surface area (Å²) in [6.45, 7) is 9.99. The standard InChI is InChI=1S/C24H32N2O2/c1-18(2)22-8-4-5-9-23(22)28-19(3)24(27)25-16-20-10-12-21(13-11-20)17-26-14-6-7-15-26/h4-5,8-13,18-19H,6-7,14-17H2,1-3H3,(H,25,27).